The molecule has 5 heteroatoms. The van der Waals surface area contributed by atoms with Crippen molar-refractivity contribution >= 4 is 17.1 Å². The number of nitrogens with one attached hydrogen (secondary N) is 2. The van der Waals surface area contributed by atoms with Gasteiger partial charge in [0.1, 0.15) is 0 Å². The fraction of sp³-hybridized carbons (Fsp3) is 0.136. The Bertz CT molecular complexity index is 965. The van der Waals surface area contributed by atoms with Gasteiger partial charge in [-0.2, -0.15) is 5.84 Å². The molecule has 0 aromatic heterocycles. The van der Waals surface area contributed by atoms with Crippen LogP contribution in [0.25, 0.3) is 0 Å². The Kier molecular flexibility index (Phi) is 4.83. The van der Waals surface area contributed by atoms with E-state index in [2.05, 4.69) is 48.6 Å². The van der Waals surface area contributed by atoms with Crippen LogP contribution in [0.3, 0.4) is 0 Å². The summed E-state index contributed by atoms with van der Waals surface area (Å²) in [5.74, 6) is 5.48. The first-order chi connectivity index (χ1) is 13.1. The molecule has 5 nitrogen and oxygen atoms in total. The Hall–Kier alpha value is -2.83. The second-order valence-electron chi connectivity index (χ2n) is 6.80. The minimum atomic E-state index is -0.428. The van der Waals surface area contributed by atoms with Crippen molar-refractivity contribution < 1.29 is 5.17 Å². The number of nitrogens with zero attached hydrogens (tertiary/aromatic N) is 1. The molecule has 0 saturated carbocycles. The summed E-state index contributed by atoms with van der Waals surface area (Å²) in [5.41, 5.74) is 6.82. The fourth-order valence-electron chi connectivity index (χ4n) is 3.36. The van der Waals surface area contributed by atoms with Gasteiger partial charge >= 0.3 is 0 Å². The lowest BCUT2D eigenvalue weighted by Gasteiger charge is -2.19. The highest BCUT2D eigenvalue weighted by Gasteiger charge is 2.28. The first-order valence-electron chi connectivity index (χ1n) is 8.98. The summed E-state index contributed by atoms with van der Waals surface area (Å²) in [5, 5.41) is 14.8. The zero-order valence-corrected chi connectivity index (χ0v) is 15.1. The third-order valence-electron chi connectivity index (χ3n) is 4.84. The maximum absolute atomic E-state index is 11.6. The number of hydrogen-bond acceptors (Lipinski definition) is 4. The smallest absolute Gasteiger partial charge is 0.150 e. The van der Waals surface area contributed by atoms with E-state index in [-0.39, 0.29) is 6.04 Å². The lowest BCUT2D eigenvalue weighted by molar-refractivity contribution is -0.789. The Morgan fingerprint density at radius 1 is 1.04 bits per heavy atom. The first-order valence-corrected chi connectivity index (χ1v) is 8.98. The monoisotopic (exact) mass is 358 g/mol. The van der Waals surface area contributed by atoms with Gasteiger partial charge in [0.25, 0.3) is 0 Å². The van der Waals surface area contributed by atoms with E-state index in [9.17, 15) is 5.21 Å². The minimum Gasteiger partial charge on any atom is -0.608 e. The van der Waals surface area contributed by atoms with Crippen LogP contribution in [0.15, 0.2) is 77.8 Å². The number of fused-ring (bicyclic) bond motifs is 1. The van der Waals surface area contributed by atoms with Gasteiger partial charge in [0.15, 0.2) is 5.69 Å². The zero-order valence-electron chi connectivity index (χ0n) is 15.1. The first kappa shape index (κ1) is 17.6. The van der Waals surface area contributed by atoms with Gasteiger partial charge in [0.2, 0.25) is 0 Å². The van der Waals surface area contributed by atoms with Gasteiger partial charge in [-0.25, -0.2) is 0 Å². The maximum Gasteiger partial charge on any atom is 0.150 e. The lowest BCUT2D eigenvalue weighted by atomic mass is 9.98. The van der Waals surface area contributed by atoms with E-state index in [1.54, 1.807) is 6.07 Å². The highest BCUT2D eigenvalue weighted by molar-refractivity contribution is 6.09. The van der Waals surface area contributed by atoms with E-state index in [1.165, 1.54) is 11.1 Å². The summed E-state index contributed by atoms with van der Waals surface area (Å²) in [6, 6.07) is 23.9. The van der Waals surface area contributed by atoms with Crippen molar-refractivity contribution in [3.63, 3.8) is 0 Å². The predicted octanol–water partition coefficient (Wildman–Crippen LogP) is 2.85. The topological polar surface area (TPSA) is 77.9 Å². The molecule has 0 radical (unpaired) electrons. The number of quaternary nitrogens is 1. The van der Waals surface area contributed by atoms with E-state index in [1.807, 2.05) is 30.3 Å². The average molecular weight is 358 g/mol. The van der Waals surface area contributed by atoms with Crippen molar-refractivity contribution in [3.05, 3.63) is 100 Å². The van der Waals surface area contributed by atoms with Gasteiger partial charge in [-0.05, 0) is 24.1 Å². The number of aliphatic imine (C=N–C) groups is 1. The molecule has 2 unspecified atom stereocenters. The van der Waals surface area contributed by atoms with E-state index in [4.69, 9.17) is 10.8 Å². The third kappa shape index (κ3) is 3.67. The van der Waals surface area contributed by atoms with Gasteiger partial charge in [-0.1, -0.05) is 60.2 Å². The number of benzene rings is 3. The average Bonchev–Trinajstić information content (AvgIpc) is 3.06. The second kappa shape index (κ2) is 7.42. The molecule has 1 aliphatic rings. The lowest BCUT2D eigenvalue weighted by Crippen LogP contribution is -3.08. The van der Waals surface area contributed by atoms with Crippen LogP contribution < -0.4 is 16.3 Å². The molecule has 4 rings (SSSR count). The standard InChI is InChI=1S/C22H22N4O/c1-15-7-9-16(10-8-15)14-24-22-19-13-18(26(23)27)11-12-20(19)25-21(22)17-5-3-2-4-6-17/h2-13,22,24,26H,14,23H2,1H3. The predicted molar refractivity (Wildman–Crippen MR) is 108 cm³/mol. The molecule has 0 amide bonds. The zero-order chi connectivity index (χ0) is 18.8. The van der Waals surface area contributed by atoms with Crippen molar-refractivity contribution in [2.45, 2.75) is 19.5 Å². The van der Waals surface area contributed by atoms with Crippen molar-refractivity contribution in [2.24, 2.45) is 10.8 Å². The van der Waals surface area contributed by atoms with Crippen LogP contribution in [0.4, 0.5) is 11.4 Å². The third-order valence-corrected chi connectivity index (χ3v) is 4.84. The van der Waals surface area contributed by atoms with E-state index >= 15 is 0 Å². The molecule has 3 aromatic carbocycles. The van der Waals surface area contributed by atoms with E-state index < -0.39 is 5.17 Å². The Labute approximate surface area is 158 Å². The summed E-state index contributed by atoms with van der Waals surface area (Å²) in [4.78, 5) is 4.83. The molecule has 1 heterocycles. The van der Waals surface area contributed by atoms with Crippen LogP contribution in [0.2, 0.25) is 0 Å². The highest BCUT2D eigenvalue weighted by atomic mass is 16.5. The van der Waals surface area contributed by atoms with Crippen LogP contribution in [-0.2, 0) is 6.54 Å². The summed E-state index contributed by atoms with van der Waals surface area (Å²) in [7, 11) is 0. The molecule has 0 bridgehead atoms. The van der Waals surface area contributed by atoms with Crippen LogP contribution >= 0.6 is 0 Å². The SMILES string of the molecule is Cc1ccc(CNC2C(c3ccccc3)=Nc3ccc([NH+](N)[O-])cc32)cc1. The molecule has 1 aliphatic heterocycles. The van der Waals surface area contributed by atoms with Crippen LogP contribution in [0.1, 0.15) is 28.3 Å². The summed E-state index contributed by atoms with van der Waals surface area (Å²) >= 11 is 0. The highest BCUT2D eigenvalue weighted by Crippen LogP contribution is 2.37. The van der Waals surface area contributed by atoms with Gasteiger partial charge in [0.05, 0.1) is 17.4 Å². The van der Waals surface area contributed by atoms with Crippen molar-refractivity contribution in [2.75, 3.05) is 0 Å². The molecule has 0 aliphatic carbocycles. The van der Waals surface area contributed by atoms with Crippen molar-refractivity contribution in [1.29, 1.82) is 0 Å². The normalized spacial score (nSPS) is 16.7. The molecule has 27 heavy (non-hydrogen) atoms. The number of hydrogen-bond donors (Lipinski definition) is 3. The molecule has 0 spiro atoms. The van der Waals surface area contributed by atoms with Gasteiger partial charge in [-0.3, -0.25) is 10.2 Å². The van der Waals surface area contributed by atoms with Crippen LogP contribution in [0.5, 0.6) is 0 Å². The number of aryl methyl sites for hydroxylation is 1. The van der Waals surface area contributed by atoms with Crippen molar-refractivity contribution in [3.8, 4) is 0 Å². The van der Waals surface area contributed by atoms with Crippen molar-refractivity contribution in [1.82, 2.24) is 5.32 Å². The quantitative estimate of drug-likeness (QED) is 0.485. The van der Waals surface area contributed by atoms with Gasteiger partial charge < -0.3 is 10.5 Å². The molecule has 136 valence electrons. The number of nitrogen functional groups attached to an aromatic ring is 1. The molecular weight excluding hydrogens is 336 g/mol. The summed E-state index contributed by atoms with van der Waals surface area (Å²) in [6.45, 7) is 2.78. The summed E-state index contributed by atoms with van der Waals surface area (Å²) < 4.78 is 0. The molecule has 0 fully saturated rings. The van der Waals surface area contributed by atoms with E-state index in [0.29, 0.717) is 12.2 Å². The molecule has 3 aromatic rings. The van der Waals surface area contributed by atoms with Gasteiger partial charge in [0, 0.05) is 24.2 Å². The fourth-order valence-corrected chi connectivity index (χ4v) is 3.36. The van der Waals surface area contributed by atoms with Crippen LogP contribution in [0, 0.1) is 12.1 Å². The van der Waals surface area contributed by atoms with Gasteiger partial charge in [-0.15, -0.1) is 0 Å². The molecular formula is C22H22N4O. The molecule has 0 saturated heterocycles. The van der Waals surface area contributed by atoms with Crippen LogP contribution in [-0.4, -0.2) is 5.71 Å². The Balaban J connectivity index is 1.67. The largest absolute Gasteiger partial charge is 0.608 e. The molecule has 2 atom stereocenters. The van der Waals surface area contributed by atoms with E-state index in [0.717, 1.165) is 22.5 Å². The molecule has 4 N–H and O–H groups in total. The second-order valence-corrected chi connectivity index (χ2v) is 6.80. The Morgan fingerprint density at radius 2 is 1.78 bits per heavy atom. The summed E-state index contributed by atoms with van der Waals surface area (Å²) in [6.07, 6.45) is 0. The maximum atomic E-state index is 11.6. The number of nitrogens with two attached hydrogens (primary N) is 1. The minimum absolute atomic E-state index is 0.0944. The Morgan fingerprint density at radius 3 is 2.48 bits per heavy atom. The number of rotatable bonds is 5.